The zero-order valence-electron chi connectivity index (χ0n) is 18.3. The van der Waals surface area contributed by atoms with Crippen LogP contribution in [0.4, 0.5) is 11.4 Å². The molecule has 32 heavy (non-hydrogen) atoms. The standard InChI is InChI=1S/C25H26N2O5/c1-17-9-11-21(13-18(17)2)32-15-24(28)26-19-10-12-22(23(14-19)30-3)27-25(29)16-31-20-7-5-4-6-8-20/h4-14H,15-16H2,1-3H3,(H,26,28)(H,27,29). The van der Waals surface area contributed by atoms with E-state index < -0.39 is 0 Å². The summed E-state index contributed by atoms with van der Waals surface area (Å²) in [5.41, 5.74) is 3.25. The second kappa shape index (κ2) is 10.9. The Kier molecular flexibility index (Phi) is 7.70. The first kappa shape index (κ1) is 22.7. The van der Waals surface area contributed by atoms with Crippen molar-refractivity contribution >= 4 is 23.2 Å². The molecule has 0 saturated carbocycles. The number of aryl methyl sites for hydroxylation is 2. The monoisotopic (exact) mass is 434 g/mol. The van der Waals surface area contributed by atoms with Gasteiger partial charge in [0.2, 0.25) is 0 Å². The average molecular weight is 434 g/mol. The molecule has 0 bridgehead atoms. The van der Waals surface area contributed by atoms with Crippen molar-refractivity contribution < 1.29 is 23.8 Å². The zero-order chi connectivity index (χ0) is 22.9. The minimum absolute atomic E-state index is 0.125. The lowest BCUT2D eigenvalue weighted by Gasteiger charge is -2.13. The van der Waals surface area contributed by atoms with E-state index in [0.717, 1.165) is 11.1 Å². The number of para-hydroxylation sites is 1. The van der Waals surface area contributed by atoms with Gasteiger partial charge in [-0.1, -0.05) is 24.3 Å². The number of carbonyl (C=O) groups is 2. The Balaban J connectivity index is 1.53. The molecule has 2 N–H and O–H groups in total. The van der Waals surface area contributed by atoms with Crippen molar-refractivity contribution in [2.45, 2.75) is 13.8 Å². The molecule has 7 nitrogen and oxygen atoms in total. The maximum absolute atomic E-state index is 12.3. The van der Waals surface area contributed by atoms with E-state index in [1.807, 2.05) is 50.2 Å². The molecule has 0 atom stereocenters. The van der Waals surface area contributed by atoms with E-state index in [4.69, 9.17) is 14.2 Å². The fraction of sp³-hybridized carbons (Fsp3) is 0.200. The van der Waals surface area contributed by atoms with Gasteiger partial charge in [0.05, 0.1) is 12.8 Å². The molecule has 0 aromatic heterocycles. The van der Waals surface area contributed by atoms with Crippen molar-refractivity contribution in [3.8, 4) is 17.2 Å². The Morgan fingerprint density at radius 1 is 0.750 bits per heavy atom. The van der Waals surface area contributed by atoms with Crippen LogP contribution in [-0.2, 0) is 9.59 Å². The molecule has 3 aromatic rings. The number of ether oxygens (including phenoxy) is 3. The summed E-state index contributed by atoms with van der Waals surface area (Å²) >= 11 is 0. The summed E-state index contributed by atoms with van der Waals surface area (Å²) in [5, 5.41) is 5.50. The van der Waals surface area contributed by atoms with Crippen LogP contribution < -0.4 is 24.8 Å². The van der Waals surface area contributed by atoms with E-state index in [9.17, 15) is 9.59 Å². The first-order valence-electron chi connectivity index (χ1n) is 10.1. The topological polar surface area (TPSA) is 85.9 Å². The quantitative estimate of drug-likeness (QED) is 0.523. The summed E-state index contributed by atoms with van der Waals surface area (Å²) in [6.07, 6.45) is 0. The minimum atomic E-state index is -0.328. The molecule has 0 aliphatic carbocycles. The SMILES string of the molecule is COc1cc(NC(=O)COc2ccc(C)c(C)c2)ccc1NC(=O)COc1ccccc1. The Bertz CT molecular complexity index is 1080. The number of methoxy groups -OCH3 is 1. The number of nitrogens with one attached hydrogen (secondary N) is 2. The van der Waals surface area contributed by atoms with Crippen LogP contribution in [0.25, 0.3) is 0 Å². The van der Waals surface area contributed by atoms with Crippen LogP contribution in [0.5, 0.6) is 17.2 Å². The lowest BCUT2D eigenvalue weighted by molar-refractivity contribution is -0.118. The van der Waals surface area contributed by atoms with Crippen molar-refractivity contribution in [1.29, 1.82) is 0 Å². The normalized spacial score (nSPS) is 10.2. The molecular weight excluding hydrogens is 408 g/mol. The van der Waals surface area contributed by atoms with E-state index in [2.05, 4.69) is 10.6 Å². The van der Waals surface area contributed by atoms with E-state index in [1.54, 1.807) is 30.3 Å². The first-order chi connectivity index (χ1) is 15.4. The lowest BCUT2D eigenvalue weighted by Crippen LogP contribution is -2.21. The van der Waals surface area contributed by atoms with Gasteiger partial charge in [-0.05, 0) is 61.4 Å². The molecule has 2 amide bonds. The maximum Gasteiger partial charge on any atom is 0.262 e. The van der Waals surface area contributed by atoms with Crippen molar-refractivity contribution in [3.63, 3.8) is 0 Å². The summed E-state index contributed by atoms with van der Waals surface area (Å²) < 4.78 is 16.3. The minimum Gasteiger partial charge on any atom is -0.494 e. The van der Waals surface area contributed by atoms with Crippen LogP contribution in [0, 0.1) is 13.8 Å². The molecular formula is C25H26N2O5. The summed E-state index contributed by atoms with van der Waals surface area (Å²) in [4.78, 5) is 24.5. The second-order valence-corrected chi connectivity index (χ2v) is 7.15. The highest BCUT2D eigenvalue weighted by atomic mass is 16.5. The number of rotatable bonds is 9. The second-order valence-electron chi connectivity index (χ2n) is 7.15. The third-order valence-electron chi connectivity index (χ3n) is 4.72. The average Bonchev–Trinajstić information content (AvgIpc) is 2.80. The Labute approximate surface area is 187 Å². The van der Waals surface area contributed by atoms with Crippen LogP contribution in [0.3, 0.4) is 0 Å². The van der Waals surface area contributed by atoms with Gasteiger partial charge >= 0.3 is 0 Å². The Morgan fingerprint density at radius 3 is 2.12 bits per heavy atom. The molecule has 3 rings (SSSR count). The Morgan fingerprint density at radius 2 is 1.44 bits per heavy atom. The first-order valence-corrected chi connectivity index (χ1v) is 10.1. The fourth-order valence-electron chi connectivity index (χ4n) is 2.87. The van der Waals surface area contributed by atoms with Crippen LogP contribution in [0.1, 0.15) is 11.1 Å². The van der Waals surface area contributed by atoms with Gasteiger partial charge in [0, 0.05) is 11.8 Å². The fourth-order valence-corrected chi connectivity index (χ4v) is 2.87. The molecule has 0 radical (unpaired) electrons. The van der Waals surface area contributed by atoms with Gasteiger partial charge in [-0.2, -0.15) is 0 Å². The van der Waals surface area contributed by atoms with Gasteiger partial charge in [-0.25, -0.2) is 0 Å². The molecule has 0 aliphatic rings. The van der Waals surface area contributed by atoms with Crippen LogP contribution in [0.15, 0.2) is 66.7 Å². The van der Waals surface area contributed by atoms with E-state index in [0.29, 0.717) is 28.6 Å². The maximum atomic E-state index is 12.3. The summed E-state index contributed by atoms with van der Waals surface area (Å²) in [6.45, 7) is 3.74. The number of benzene rings is 3. The van der Waals surface area contributed by atoms with E-state index >= 15 is 0 Å². The smallest absolute Gasteiger partial charge is 0.262 e. The Hall–Kier alpha value is -4.00. The number of hydrogen-bond donors (Lipinski definition) is 2. The van der Waals surface area contributed by atoms with Crippen LogP contribution in [0.2, 0.25) is 0 Å². The molecule has 0 unspecified atom stereocenters. The van der Waals surface area contributed by atoms with Crippen molar-refractivity contribution in [3.05, 3.63) is 77.9 Å². The van der Waals surface area contributed by atoms with E-state index in [-0.39, 0.29) is 25.0 Å². The van der Waals surface area contributed by atoms with Crippen molar-refractivity contribution in [2.75, 3.05) is 31.0 Å². The third-order valence-corrected chi connectivity index (χ3v) is 4.72. The molecule has 0 spiro atoms. The van der Waals surface area contributed by atoms with E-state index in [1.165, 1.54) is 7.11 Å². The van der Waals surface area contributed by atoms with Gasteiger partial charge in [-0.3, -0.25) is 9.59 Å². The van der Waals surface area contributed by atoms with Crippen LogP contribution in [-0.4, -0.2) is 32.1 Å². The summed E-state index contributed by atoms with van der Waals surface area (Å²) in [6, 6.07) is 19.7. The number of amides is 2. The van der Waals surface area contributed by atoms with Gasteiger partial charge < -0.3 is 24.8 Å². The highest BCUT2D eigenvalue weighted by molar-refractivity contribution is 5.95. The van der Waals surface area contributed by atoms with Crippen LogP contribution >= 0.6 is 0 Å². The van der Waals surface area contributed by atoms with Gasteiger partial charge in [0.1, 0.15) is 17.2 Å². The number of carbonyl (C=O) groups excluding carboxylic acids is 2. The number of anilines is 2. The zero-order valence-corrected chi connectivity index (χ0v) is 18.3. The predicted octanol–water partition coefficient (Wildman–Crippen LogP) is 4.35. The number of hydrogen-bond acceptors (Lipinski definition) is 5. The molecule has 0 saturated heterocycles. The van der Waals surface area contributed by atoms with Gasteiger partial charge in [0.15, 0.2) is 13.2 Å². The molecule has 3 aromatic carbocycles. The largest absolute Gasteiger partial charge is 0.494 e. The lowest BCUT2D eigenvalue weighted by atomic mass is 10.1. The predicted molar refractivity (Wildman–Crippen MR) is 124 cm³/mol. The summed E-state index contributed by atoms with van der Waals surface area (Å²) in [5.74, 6) is 1.02. The molecule has 7 heteroatoms. The highest BCUT2D eigenvalue weighted by Crippen LogP contribution is 2.28. The van der Waals surface area contributed by atoms with Gasteiger partial charge in [-0.15, -0.1) is 0 Å². The molecule has 0 fully saturated rings. The van der Waals surface area contributed by atoms with Crippen molar-refractivity contribution in [2.24, 2.45) is 0 Å². The van der Waals surface area contributed by atoms with Crippen molar-refractivity contribution in [1.82, 2.24) is 0 Å². The molecule has 0 aliphatic heterocycles. The molecule has 166 valence electrons. The highest BCUT2D eigenvalue weighted by Gasteiger charge is 2.11. The molecule has 0 heterocycles. The summed E-state index contributed by atoms with van der Waals surface area (Å²) in [7, 11) is 1.49. The van der Waals surface area contributed by atoms with Gasteiger partial charge in [0.25, 0.3) is 11.8 Å². The third kappa shape index (κ3) is 6.50.